The van der Waals surface area contributed by atoms with Crippen LogP contribution in [-0.2, 0) is 19.0 Å². The topological polar surface area (TPSA) is 93.5 Å². The zero-order valence-electron chi connectivity index (χ0n) is 8.36. The largest absolute Gasteiger partial charge is 0.341 e. The number of aldehydes is 1. The molecule has 0 bridgehead atoms. The summed E-state index contributed by atoms with van der Waals surface area (Å²) < 4.78 is 16.1. The summed E-state index contributed by atoms with van der Waals surface area (Å²) in [4.78, 5) is 13.3. The summed E-state index contributed by atoms with van der Waals surface area (Å²) in [5.41, 5.74) is 8.38. The van der Waals surface area contributed by atoms with Gasteiger partial charge in [-0.05, 0) is 19.4 Å². The van der Waals surface area contributed by atoms with E-state index in [1.54, 1.807) is 13.8 Å². The molecule has 0 unspecified atom stereocenters. The Kier molecular flexibility index (Phi) is 2.40. The molecule has 4 atom stereocenters. The number of hydrogen-bond acceptors (Lipinski definition) is 5. The quantitative estimate of drug-likeness (QED) is 0.292. The van der Waals surface area contributed by atoms with E-state index in [0.717, 1.165) is 0 Å². The summed E-state index contributed by atoms with van der Waals surface area (Å²) in [7, 11) is 0. The van der Waals surface area contributed by atoms with Crippen LogP contribution in [0.2, 0.25) is 0 Å². The lowest BCUT2D eigenvalue weighted by atomic mass is 10.1. The molecule has 2 heterocycles. The number of carbonyl (C=O) groups is 1. The van der Waals surface area contributed by atoms with E-state index < -0.39 is 30.3 Å². The van der Waals surface area contributed by atoms with Crippen molar-refractivity contribution < 1.29 is 19.0 Å². The SMILES string of the molecule is CC1(C)O[C@H]2O[C@H](C=O)[C@H](N=[N+]=[N-])[C@H]2O1. The summed E-state index contributed by atoms with van der Waals surface area (Å²) >= 11 is 0. The molecule has 15 heavy (non-hydrogen) atoms. The molecular formula is C8H11N3O4. The smallest absolute Gasteiger partial charge is 0.188 e. The molecule has 0 N–H and O–H groups in total. The fourth-order valence-corrected chi connectivity index (χ4v) is 1.82. The maximum Gasteiger partial charge on any atom is 0.188 e. The predicted molar refractivity (Wildman–Crippen MR) is 47.7 cm³/mol. The molecule has 0 radical (unpaired) electrons. The van der Waals surface area contributed by atoms with Gasteiger partial charge in [-0.2, -0.15) is 0 Å². The van der Waals surface area contributed by atoms with Gasteiger partial charge in [0.2, 0.25) is 0 Å². The molecule has 2 aliphatic rings. The van der Waals surface area contributed by atoms with Crippen LogP contribution in [0.15, 0.2) is 5.11 Å². The van der Waals surface area contributed by atoms with E-state index in [0.29, 0.717) is 6.29 Å². The normalized spacial score (nSPS) is 42.0. The third-order valence-electron chi connectivity index (χ3n) is 2.37. The van der Waals surface area contributed by atoms with E-state index in [-0.39, 0.29) is 0 Å². The van der Waals surface area contributed by atoms with Gasteiger partial charge in [-0.3, -0.25) is 0 Å². The zero-order valence-corrected chi connectivity index (χ0v) is 8.36. The lowest BCUT2D eigenvalue weighted by molar-refractivity contribution is -0.204. The first-order valence-corrected chi connectivity index (χ1v) is 4.58. The van der Waals surface area contributed by atoms with Crippen LogP contribution in [-0.4, -0.2) is 36.6 Å². The lowest BCUT2D eigenvalue weighted by Crippen LogP contribution is -2.33. The van der Waals surface area contributed by atoms with Gasteiger partial charge >= 0.3 is 0 Å². The summed E-state index contributed by atoms with van der Waals surface area (Å²) in [5, 5.41) is 3.50. The average molecular weight is 213 g/mol. The average Bonchev–Trinajstić information content (AvgIpc) is 2.60. The van der Waals surface area contributed by atoms with Crippen LogP contribution in [0.3, 0.4) is 0 Å². The Bertz CT molecular complexity index is 326. The molecule has 0 aromatic heterocycles. The highest BCUT2D eigenvalue weighted by atomic mass is 16.8. The van der Waals surface area contributed by atoms with Gasteiger partial charge < -0.3 is 19.0 Å². The van der Waals surface area contributed by atoms with Crippen molar-refractivity contribution >= 4 is 6.29 Å². The molecule has 0 aromatic carbocycles. The molecule has 2 saturated heterocycles. The second-order valence-electron chi connectivity index (χ2n) is 3.90. The van der Waals surface area contributed by atoms with Crippen molar-refractivity contribution in [1.82, 2.24) is 0 Å². The molecule has 2 rings (SSSR count). The molecule has 82 valence electrons. The Hall–Kier alpha value is -1.14. The van der Waals surface area contributed by atoms with Crippen molar-refractivity contribution in [2.24, 2.45) is 5.11 Å². The summed E-state index contributed by atoms with van der Waals surface area (Å²) in [6.45, 7) is 3.47. The van der Waals surface area contributed by atoms with Crippen LogP contribution in [0.5, 0.6) is 0 Å². The van der Waals surface area contributed by atoms with E-state index in [9.17, 15) is 4.79 Å². The summed E-state index contributed by atoms with van der Waals surface area (Å²) in [6, 6.07) is -0.653. The van der Waals surface area contributed by atoms with Gasteiger partial charge in [0.1, 0.15) is 24.5 Å². The first-order chi connectivity index (χ1) is 7.07. The van der Waals surface area contributed by atoms with Gasteiger partial charge in [-0.15, -0.1) is 0 Å². The highest BCUT2D eigenvalue weighted by Gasteiger charge is 2.54. The Morgan fingerprint density at radius 1 is 1.47 bits per heavy atom. The van der Waals surface area contributed by atoms with Crippen LogP contribution in [0.25, 0.3) is 10.4 Å². The van der Waals surface area contributed by atoms with E-state index in [2.05, 4.69) is 10.0 Å². The molecule has 7 heteroatoms. The maximum atomic E-state index is 10.7. The summed E-state index contributed by atoms with van der Waals surface area (Å²) in [6.07, 6.45) is -1.33. The third-order valence-corrected chi connectivity index (χ3v) is 2.37. The van der Waals surface area contributed by atoms with Crippen LogP contribution >= 0.6 is 0 Å². The molecule has 7 nitrogen and oxygen atoms in total. The molecule has 0 aromatic rings. The minimum absolute atomic E-state index is 0.508. The molecular weight excluding hydrogens is 202 g/mol. The zero-order chi connectivity index (χ0) is 11.1. The number of fused-ring (bicyclic) bond motifs is 1. The van der Waals surface area contributed by atoms with E-state index in [1.807, 2.05) is 0 Å². The molecule has 0 saturated carbocycles. The minimum atomic E-state index is -0.785. The molecule has 0 amide bonds. The van der Waals surface area contributed by atoms with Crippen molar-refractivity contribution in [2.75, 3.05) is 0 Å². The Morgan fingerprint density at radius 3 is 2.80 bits per heavy atom. The molecule has 2 fully saturated rings. The summed E-state index contributed by atoms with van der Waals surface area (Å²) in [5.74, 6) is -0.771. The van der Waals surface area contributed by atoms with Gasteiger partial charge in [0, 0.05) is 4.91 Å². The van der Waals surface area contributed by atoms with Gasteiger partial charge in [0.15, 0.2) is 12.1 Å². The van der Waals surface area contributed by atoms with Gasteiger partial charge in [0.25, 0.3) is 0 Å². The molecule has 0 spiro atoms. The van der Waals surface area contributed by atoms with Crippen molar-refractivity contribution in [3.8, 4) is 0 Å². The Morgan fingerprint density at radius 2 is 2.20 bits per heavy atom. The highest BCUT2D eigenvalue weighted by Crippen LogP contribution is 2.38. The Labute approximate surface area is 85.9 Å². The van der Waals surface area contributed by atoms with Crippen molar-refractivity contribution in [3.63, 3.8) is 0 Å². The fourth-order valence-electron chi connectivity index (χ4n) is 1.82. The highest BCUT2D eigenvalue weighted by molar-refractivity contribution is 5.58. The number of hydrogen-bond donors (Lipinski definition) is 0. The minimum Gasteiger partial charge on any atom is -0.341 e. The second-order valence-corrected chi connectivity index (χ2v) is 3.90. The lowest BCUT2D eigenvalue weighted by Gasteiger charge is -2.20. The fraction of sp³-hybridized carbons (Fsp3) is 0.875. The first-order valence-electron chi connectivity index (χ1n) is 4.58. The third kappa shape index (κ3) is 1.70. The van der Waals surface area contributed by atoms with E-state index in [1.165, 1.54) is 0 Å². The molecule has 0 aliphatic carbocycles. The number of nitrogens with zero attached hydrogens (tertiary/aromatic N) is 3. The second kappa shape index (κ2) is 3.46. The standard InChI is InChI=1S/C8H11N3O4/c1-8(2)14-6-5(10-11-9)4(3-12)13-7(6)15-8/h3-7H,1-2H3/t4-,5+,6-,7-/m1/s1. The number of carbonyl (C=O) groups excluding carboxylic acids is 1. The van der Waals surface area contributed by atoms with E-state index in [4.69, 9.17) is 19.7 Å². The van der Waals surface area contributed by atoms with Crippen molar-refractivity contribution in [1.29, 1.82) is 0 Å². The molecule has 2 aliphatic heterocycles. The van der Waals surface area contributed by atoms with Gasteiger partial charge in [0.05, 0.1) is 0 Å². The monoisotopic (exact) mass is 213 g/mol. The maximum absolute atomic E-state index is 10.7. The van der Waals surface area contributed by atoms with Crippen LogP contribution in [0.1, 0.15) is 13.8 Å². The number of azide groups is 1. The van der Waals surface area contributed by atoms with E-state index >= 15 is 0 Å². The van der Waals surface area contributed by atoms with Gasteiger partial charge in [-0.1, -0.05) is 5.11 Å². The van der Waals surface area contributed by atoms with Crippen LogP contribution in [0, 0.1) is 0 Å². The van der Waals surface area contributed by atoms with Crippen LogP contribution in [0.4, 0.5) is 0 Å². The van der Waals surface area contributed by atoms with Crippen LogP contribution < -0.4 is 0 Å². The number of rotatable bonds is 2. The van der Waals surface area contributed by atoms with Crippen molar-refractivity contribution in [3.05, 3.63) is 10.4 Å². The van der Waals surface area contributed by atoms with Gasteiger partial charge in [-0.25, -0.2) is 0 Å². The van der Waals surface area contributed by atoms with Crippen molar-refractivity contribution in [2.45, 2.75) is 44.2 Å². The Balaban J connectivity index is 2.20. The predicted octanol–water partition coefficient (Wildman–Crippen LogP) is 0.741. The first kappa shape index (κ1) is 10.4. The number of ether oxygens (including phenoxy) is 3.